The molecule has 0 spiro atoms. The van der Waals surface area contributed by atoms with Crippen molar-refractivity contribution in [3.05, 3.63) is 52.3 Å². The molecule has 0 aliphatic heterocycles. The smallest absolute Gasteiger partial charge is 0.328 e. The minimum atomic E-state index is -1.11. The van der Waals surface area contributed by atoms with Crippen LogP contribution >= 0.6 is 0 Å². The van der Waals surface area contributed by atoms with Gasteiger partial charge in [-0.15, -0.1) is 0 Å². The minimum absolute atomic E-state index is 0.261. The Morgan fingerprint density at radius 1 is 1.41 bits per heavy atom. The van der Waals surface area contributed by atoms with Gasteiger partial charge in [-0.25, -0.2) is 9.48 Å². The summed E-state index contributed by atoms with van der Waals surface area (Å²) in [4.78, 5) is 22.6. The lowest BCUT2D eigenvalue weighted by Crippen LogP contribution is -2.22. The fourth-order valence-corrected chi connectivity index (χ4v) is 1.97. The third-order valence-corrected chi connectivity index (χ3v) is 2.94. The van der Waals surface area contributed by atoms with E-state index >= 15 is 0 Å². The molecule has 1 aromatic carbocycles. The van der Waals surface area contributed by atoms with Gasteiger partial charge < -0.3 is 9.84 Å². The van der Waals surface area contributed by atoms with Crippen LogP contribution in [0.25, 0.3) is 17.3 Å². The maximum atomic E-state index is 12.0. The zero-order valence-electron chi connectivity index (χ0n) is 12.3. The Labute approximate surface area is 127 Å². The molecule has 1 heterocycles. The first-order chi connectivity index (χ1) is 10.5. The van der Waals surface area contributed by atoms with Crippen molar-refractivity contribution in [2.45, 2.75) is 6.92 Å². The molecule has 2 rings (SSSR count). The van der Waals surface area contributed by atoms with E-state index in [1.54, 1.807) is 6.07 Å². The molecule has 0 aliphatic carbocycles. The van der Waals surface area contributed by atoms with Gasteiger partial charge in [0.2, 0.25) is 0 Å². The first kappa shape index (κ1) is 15.5. The summed E-state index contributed by atoms with van der Waals surface area (Å²) in [6.45, 7) is 2.45. The maximum Gasteiger partial charge on any atom is 0.328 e. The zero-order chi connectivity index (χ0) is 16.1. The quantitative estimate of drug-likeness (QED) is 0.853. The van der Waals surface area contributed by atoms with E-state index in [0.717, 1.165) is 11.6 Å². The number of aryl methyl sites for hydroxylation is 1. The van der Waals surface area contributed by atoms with E-state index in [1.807, 2.05) is 31.2 Å². The molecule has 0 bridgehead atoms. The number of hydrogen-bond donors (Lipinski definition) is 1. The van der Waals surface area contributed by atoms with E-state index < -0.39 is 5.97 Å². The van der Waals surface area contributed by atoms with Crippen molar-refractivity contribution in [1.29, 1.82) is 0 Å². The number of ether oxygens (including phenoxy) is 1. The van der Waals surface area contributed by atoms with Crippen LogP contribution in [-0.4, -0.2) is 27.5 Å². The summed E-state index contributed by atoms with van der Waals surface area (Å²) in [5.74, 6) is -0.406. The summed E-state index contributed by atoms with van der Waals surface area (Å²) >= 11 is 0. The highest BCUT2D eigenvalue weighted by Gasteiger charge is 2.07. The number of aromatic nitrogens is 2. The van der Waals surface area contributed by atoms with Crippen LogP contribution in [0.2, 0.25) is 0 Å². The molecule has 114 valence electrons. The standard InChI is InChI=1S/C16H16N2O4/c1-3-22-13-6-4-5-11(9-13)14-10-12(7-8-15(19)20)16(21)18(2)17-14/h4-10H,3H2,1-2H3,(H,19,20)/b8-7+. The van der Waals surface area contributed by atoms with E-state index in [1.165, 1.54) is 17.8 Å². The zero-order valence-corrected chi connectivity index (χ0v) is 12.3. The summed E-state index contributed by atoms with van der Waals surface area (Å²) in [6.07, 6.45) is 2.19. The summed E-state index contributed by atoms with van der Waals surface area (Å²) in [7, 11) is 1.52. The SMILES string of the molecule is CCOc1cccc(-c2cc(/C=C/C(=O)O)c(=O)n(C)n2)c1. The average molecular weight is 300 g/mol. The third-order valence-electron chi connectivity index (χ3n) is 2.94. The molecular weight excluding hydrogens is 284 g/mol. The molecule has 1 N–H and O–H groups in total. The lowest BCUT2D eigenvalue weighted by atomic mass is 10.1. The molecule has 0 fully saturated rings. The molecule has 0 saturated heterocycles. The van der Waals surface area contributed by atoms with Crippen LogP contribution < -0.4 is 10.3 Å². The summed E-state index contributed by atoms with van der Waals surface area (Å²) in [5.41, 5.74) is 1.25. The van der Waals surface area contributed by atoms with Crippen LogP contribution in [0.3, 0.4) is 0 Å². The van der Waals surface area contributed by atoms with Crippen molar-refractivity contribution in [2.24, 2.45) is 7.05 Å². The van der Waals surface area contributed by atoms with Gasteiger partial charge in [0.05, 0.1) is 12.3 Å². The van der Waals surface area contributed by atoms with Crippen molar-refractivity contribution in [3.63, 3.8) is 0 Å². The normalized spacial score (nSPS) is 10.8. The molecule has 6 nitrogen and oxygen atoms in total. The van der Waals surface area contributed by atoms with Gasteiger partial charge in [-0.3, -0.25) is 4.79 Å². The largest absolute Gasteiger partial charge is 0.494 e. The summed E-state index contributed by atoms with van der Waals surface area (Å²) < 4.78 is 6.63. The number of carbonyl (C=O) groups is 1. The first-order valence-corrected chi connectivity index (χ1v) is 6.74. The number of rotatable bonds is 5. The monoisotopic (exact) mass is 300 g/mol. The predicted molar refractivity (Wildman–Crippen MR) is 82.8 cm³/mol. The predicted octanol–water partition coefficient (Wildman–Crippen LogP) is 1.94. The molecule has 1 aromatic heterocycles. The molecule has 0 aliphatic rings. The number of nitrogens with zero attached hydrogens (tertiary/aromatic N) is 2. The van der Waals surface area contributed by atoms with Gasteiger partial charge in [-0.05, 0) is 31.2 Å². The van der Waals surface area contributed by atoms with Crippen molar-refractivity contribution >= 4 is 12.0 Å². The van der Waals surface area contributed by atoms with Crippen molar-refractivity contribution < 1.29 is 14.6 Å². The minimum Gasteiger partial charge on any atom is -0.494 e. The van der Waals surface area contributed by atoms with Crippen molar-refractivity contribution in [2.75, 3.05) is 6.61 Å². The number of benzene rings is 1. The second kappa shape index (κ2) is 6.71. The molecule has 0 amide bonds. The average Bonchev–Trinajstić information content (AvgIpc) is 2.49. The second-order valence-corrected chi connectivity index (χ2v) is 4.55. The highest BCUT2D eigenvalue weighted by Crippen LogP contribution is 2.22. The van der Waals surface area contributed by atoms with Crippen LogP contribution in [0.5, 0.6) is 5.75 Å². The highest BCUT2D eigenvalue weighted by molar-refractivity contribution is 5.85. The Kier molecular flexibility index (Phi) is 4.73. The van der Waals surface area contributed by atoms with Gasteiger partial charge in [-0.2, -0.15) is 5.10 Å². The molecule has 6 heteroatoms. The van der Waals surface area contributed by atoms with E-state index in [4.69, 9.17) is 9.84 Å². The molecule has 2 aromatic rings. The molecule has 0 radical (unpaired) electrons. The number of carboxylic acid groups (broad SMARTS) is 1. The number of carboxylic acids is 1. The van der Waals surface area contributed by atoms with Crippen LogP contribution in [0.15, 0.2) is 41.2 Å². The Hall–Kier alpha value is -2.89. The van der Waals surface area contributed by atoms with Crippen LogP contribution in [0.4, 0.5) is 0 Å². The Balaban J connectivity index is 2.50. The summed E-state index contributed by atoms with van der Waals surface area (Å²) in [5, 5.41) is 12.9. The molecular formula is C16H16N2O4. The number of hydrogen-bond acceptors (Lipinski definition) is 4. The Morgan fingerprint density at radius 2 is 2.18 bits per heavy atom. The van der Waals surface area contributed by atoms with Crippen LogP contribution in [0.1, 0.15) is 12.5 Å². The van der Waals surface area contributed by atoms with E-state index in [0.29, 0.717) is 18.1 Å². The van der Waals surface area contributed by atoms with Gasteiger partial charge in [0, 0.05) is 24.3 Å². The lowest BCUT2D eigenvalue weighted by molar-refractivity contribution is -0.131. The van der Waals surface area contributed by atoms with E-state index in [-0.39, 0.29) is 11.1 Å². The van der Waals surface area contributed by atoms with Gasteiger partial charge >= 0.3 is 5.97 Å². The van der Waals surface area contributed by atoms with Crippen LogP contribution in [0, 0.1) is 0 Å². The second-order valence-electron chi connectivity index (χ2n) is 4.55. The molecule has 22 heavy (non-hydrogen) atoms. The Bertz CT molecular complexity index is 778. The van der Waals surface area contributed by atoms with Gasteiger partial charge in [0.25, 0.3) is 5.56 Å². The van der Waals surface area contributed by atoms with Gasteiger partial charge in [0.1, 0.15) is 5.75 Å². The Morgan fingerprint density at radius 3 is 2.86 bits per heavy atom. The maximum absolute atomic E-state index is 12.0. The van der Waals surface area contributed by atoms with Crippen molar-refractivity contribution in [3.8, 4) is 17.0 Å². The third kappa shape index (κ3) is 3.60. The highest BCUT2D eigenvalue weighted by atomic mass is 16.5. The summed E-state index contributed by atoms with van der Waals surface area (Å²) in [6, 6.07) is 8.90. The first-order valence-electron chi connectivity index (χ1n) is 6.74. The fourth-order valence-electron chi connectivity index (χ4n) is 1.97. The molecule has 0 atom stereocenters. The molecule has 0 saturated carbocycles. The van der Waals surface area contributed by atoms with Crippen molar-refractivity contribution in [1.82, 2.24) is 9.78 Å². The fraction of sp³-hybridized carbons (Fsp3) is 0.188. The molecule has 0 unspecified atom stereocenters. The van der Waals surface area contributed by atoms with Gasteiger partial charge in [-0.1, -0.05) is 12.1 Å². The number of aliphatic carboxylic acids is 1. The van der Waals surface area contributed by atoms with E-state index in [9.17, 15) is 9.59 Å². The van der Waals surface area contributed by atoms with Crippen LogP contribution in [-0.2, 0) is 11.8 Å². The van der Waals surface area contributed by atoms with E-state index in [2.05, 4.69) is 5.10 Å². The topological polar surface area (TPSA) is 81.4 Å². The van der Waals surface area contributed by atoms with Gasteiger partial charge in [0.15, 0.2) is 0 Å². The lowest BCUT2D eigenvalue weighted by Gasteiger charge is -2.08.